The Morgan fingerprint density at radius 1 is 1.19 bits per heavy atom. The van der Waals surface area contributed by atoms with Gasteiger partial charge in [-0.2, -0.15) is 0 Å². The molecule has 1 aromatic carbocycles. The summed E-state index contributed by atoms with van der Waals surface area (Å²) in [5.74, 6) is -0.0813. The van der Waals surface area contributed by atoms with Gasteiger partial charge in [0.2, 0.25) is 11.8 Å². The van der Waals surface area contributed by atoms with E-state index >= 15 is 0 Å². The van der Waals surface area contributed by atoms with Crippen LogP contribution in [-0.4, -0.2) is 48.3 Å². The van der Waals surface area contributed by atoms with Gasteiger partial charge in [0.15, 0.2) is 0 Å². The lowest BCUT2D eigenvalue weighted by molar-refractivity contribution is -0.136. The van der Waals surface area contributed by atoms with Crippen LogP contribution < -0.4 is 16.0 Å². The zero-order chi connectivity index (χ0) is 18.1. The number of hydrogen-bond acceptors (Lipinski definition) is 5. The first kappa shape index (κ1) is 17.2. The fraction of sp³-hybridized carbons (Fsp3) is 0.526. The predicted octanol–water partition coefficient (Wildman–Crippen LogP) is 0.147. The molecule has 2 fully saturated rings. The molecule has 3 heterocycles. The van der Waals surface area contributed by atoms with Crippen LogP contribution in [-0.2, 0) is 22.7 Å². The van der Waals surface area contributed by atoms with E-state index in [0.717, 1.165) is 37.3 Å². The third kappa shape index (κ3) is 3.24. The molecular formula is C19H24N4O3. The summed E-state index contributed by atoms with van der Waals surface area (Å²) in [5, 5.41) is 9.21. The first-order chi connectivity index (χ1) is 12.6. The van der Waals surface area contributed by atoms with Crippen molar-refractivity contribution in [3.63, 3.8) is 0 Å². The number of carbonyl (C=O) groups excluding carboxylic acids is 3. The molecule has 3 amide bonds. The summed E-state index contributed by atoms with van der Waals surface area (Å²) in [6.07, 6.45) is 1.87. The number of nitrogens with one attached hydrogen (secondary N) is 3. The van der Waals surface area contributed by atoms with Crippen LogP contribution >= 0.6 is 0 Å². The molecule has 4 rings (SSSR count). The molecule has 3 aliphatic rings. The zero-order valence-electron chi connectivity index (χ0n) is 14.7. The van der Waals surface area contributed by atoms with Crippen LogP contribution in [0.15, 0.2) is 18.2 Å². The Morgan fingerprint density at radius 2 is 2.08 bits per heavy atom. The van der Waals surface area contributed by atoms with Crippen LogP contribution in [0.4, 0.5) is 0 Å². The van der Waals surface area contributed by atoms with Crippen LogP contribution in [0.25, 0.3) is 0 Å². The van der Waals surface area contributed by atoms with Gasteiger partial charge in [-0.1, -0.05) is 12.1 Å². The van der Waals surface area contributed by atoms with Crippen LogP contribution in [0.2, 0.25) is 0 Å². The summed E-state index contributed by atoms with van der Waals surface area (Å²) in [5.41, 5.74) is 2.78. The van der Waals surface area contributed by atoms with E-state index in [4.69, 9.17) is 0 Å². The Balaban J connectivity index is 1.45. The van der Waals surface area contributed by atoms with Crippen LogP contribution in [0.1, 0.15) is 40.7 Å². The van der Waals surface area contributed by atoms with Crippen molar-refractivity contribution in [3.8, 4) is 0 Å². The fourth-order valence-corrected chi connectivity index (χ4v) is 4.12. The van der Waals surface area contributed by atoms with Gasteiger partial charge in [0.1, 0.15) is 6.04 Å². The van der Waals surface area contributed by atoms with Gasteiger partial charge in [-0.05, 0) is 55.6 Å². The molecule has 3 N–H and O–H groups in total. The quantitative estimate of drug-likeness (QED) is 0.653. The van der Waals surface area contributed by atoms with Crippen molar-refractivity contribution in [1.29, 1.82) is 0 Å². The minimum Gasteiger partial charge on any atom is -0.322 e. The SMILES string of the molecule is O=C1CCC(N2Cc3c(CNC[C@@H]4CCNC4)cccc3C2=O)C(=O)N1. The lowest BCUT2D eigenvalue weighted by atomic mass is 10.0. The Bertz CT molecular complexity index is 742. The fourth-order valence-electron chi connectivity index (χ4n) is 4.12. The van der Waals surface area contributed by atoms with E-state index in [1.54, 1.807) is 4.90 Å². The highest BCUT2D eigenvalue weighted by molar-refractivity contribution is 6.05. The molecule has 26 heavy (non-hydrogen) atoms. The minimum atomic E-state index is -0.557. The number of amides is 3. The molecule has 0 aliphatic carbocycles. The number of imide groups is 1. The molecule has 7 nitrogen and oxygen atoms in total. The number of fused-ring (bicyclic) bond motifs is 1. The molecule has 0 spiro atoms. The van der Waals surface area contributed by atoms with E-state index in [2.05, 4.69) is 16.0 Å². The molecule has 138 valence electrons. The molecule has 0 aromatic heterocycles. The molecular weight excluding hydrogens is 332 g/mol. The van der Waals surface area contributed by atoms with E-state index in [-0.39, 0.29) is 24.1 Å². The van der Waals surface area contributed by atoms with Crippen LogP contribution in [0, 0.1) is 5.92 Å². The first-order valence-corrected chi connectivity index (χ1v) is 9.30. The Labute approximate surface area is 152 Å². The topological polar surface area (TPSA) is 90.5 Å². The molecule has 0 bridgehead atoms. The van der Waals surface area contributed by atoms with Gasteiger partial charge in [-0.15, -0.1) is 0 Å². The van der Waals surface area contributed by atoms with Crippen molar-refractivity contribution in [2.24, 2.45) is 5.92 Å². The molecule has 0 radical (unpaired) electrons. The van der Waals surface area contributed by atoms with E-state index in [0.29, 0.717) is 24.4 Å². The molecule has 0 saturated carbocycles. The largest absolute Gasteiger partial charge is 0.322 e. The van der Waals surface area contributed by atoms with E-state index in [9.17, 15) is 14.4 Å². The van der Waals surface area contributed by atoms with Gasteiger partial charge in [-0.3, -0.25) is 19.7 Å². The summed E-state index contributed by atoms with van der Waals surface area (Å²) in [4.78, 5) is 37.9. The zero-order valence-corrected chi connectivity index (χ0v) is 14.7. The molecule has 3 aliphatic heterocycles. The average molecular weight is 356 g/mol. The van der Waals surface area contributed by atoms with Gasteiger partial charge >= 0.3 is 0 Å². The van der Waals surface area contributed by atoms with Crippen molar-refractivity contribution in [1.82, 2.24) is 20.9 Å². The number of piperidine rings is 1. The second-order valence-electron chi connectivity index (χ2n) is 7.33. The van der Waals surface area contributed by atoms with Crippen molar-refractivity contribution >= 4 is 17.7 Å². The molecule has 2 saturated heterocycles. The van der Waals surface area contributed by atoms with E-state index in [1.807, 2.05) is 18.2 Å². The molecule has 1 aromatic rings. The maximum Gasteiger partial charge on any atom is 0.255 e. The summed E-state index contributed by atoms with van der Waals surface area (Å²) >= 11 is 0. The van der Waals surface area contributed by atoms with E-state index in [1.165, 1.54) is 6.42 Å². The van der Waals surface area contributed by atoms with Gasteiger partial charge in [0, 0.05) is 25.1 Å². The Hall–Kier alpha value is -2.25. The maximum atomic E-state index is 12.8. The smallest absolute Gasteiger partial charge is 0.255 e. The number of nitrogens with zero attached hydrogens (tertiary/aromatic N) is 1. The molecule has 1 unspecified atom stereocenters. The summed E-state index contributed by atoms with van der Waals surface area (Å²) in [7, 11) is 0. The highest BCUT2D eigenvalue weighted by Gasteiger charge is 2.39. The predicted molar refractivity (Wildman–Crippen MR) is 95.2 cm³/mol. The summed E-state index contributed by atoms with van der Waals surface area (Å²) < 4.78 is 0. The highest BCUT2D eigenvalue weighted by Crippen LogP contribution is 2.29. The normalized spacial score (nSPS) is 25.5. The minimum absolute atomic E-state index is 0.114. The summed E-state index contributed by atoms with van der Waals surface area (Å²) in [6, 6.07) is 5.21. The number of benzene rings is 1. The van der Waals surface area contributed by atoms with Crippen molar-refractivity contribution in [2.45, 2.75) is 38.4 Å². The second-order valence-corrected chi connectivity index (χ2v) is 7.33. The van der Waals surface area contributed by atoms with Crippen LogP contribution in [0.5, 0.6) is 0 Å². The van der Waals surface area contributed by atoms with Crippen molar-refractivity contribution < 1.29 is 14.4 Å². The Morgan fingerprint density at radius 3 is 2.85 bits per heavy atom. The van der Waals surface area contributed by atoms with Gasteiger partial charge in [0.25, 0.3) is 5.91 Å². The van der Waals surface area contributed by atoms with Gasteiger partial charge in [0.05, 0.1) is 0 Å². The average Bonchev–Trinajstić information content (AvgIpc) is 3.24. The van der Waals surface area contributed by atoms with Crippen LogP contribution in [0.3, 0.4) is 0 Å². The lowest BCUT2D eigenvalue weighted by Gasteiger charge is -2.29. The van der Waals surface area contributed by atoms with Crippen molar-refractivity contribution in [3.05, 3.63) is 34.9 Å². The third-order valence-corrected chi connectivity index (χ3v) is 5.59. The standard InChI is InChI=1S/C19H24N4O3/c24-17-5-4-16(18(25)22-17)23-11-15-13(2-1-3-14(15)19(23)26)10-21-9-12-6-7-20-8-12/h1-3,12,16,20-21H,4-11H2,(H,22,24,25)/t12-,16?/m1/s1. The van der Waals surface area contributed by atoms with Gasteiger partial charge in [-0.25, -0.2) is 0 Å². The first-order valence-electron chi connectivity index (χ1n) is 9.30. The number of hydrogen-bond donors (Lipinski definition) is 3. The third-order valence-electron chi connectivity index (χ3n) is 5.59. The molecule has 7 heteroatoms. The summed E-state index contributed by atoms with van der Waals surface area (Å²) in [6.45, 7) is 4.26. The molecule has 2 atom stereocenters. The van der Waals surface area contributed by atoms with Gasteiger partial charge < -0.3 is 15.5 Å². The number of rotatable bonds is 5. The lowest BCUT2D eigenvalue weighted by Crippen LogP contribution is -2.52. The van der Waals surface area contributed by atoms with E-state index < -0.39 is 6.04 Å². The maximum absolute atomic E-state index is 12.8. The number of carbonyl (C=O) groups is 3. The monoisotopic (exact) mass is 356 g/mol. The second kappa shape index (κ2) is 7.17. The van der Waals surface area contributed by atoms with Crippen molar-refractivity contribution in [2.75, 3.05) is 19.6 Å². The highest BCUT2D eigenvalue weighted by atomic mass is 16.2. The Kier molecular flexibility index (Phi) is 4.74.